The Labute approximate surface area is 97.3 Å². The van der Waals surface area contributed by atoms with E-state index >= 15 is 0 Å². The molecule has 0 aliphatic carbocycles. The Bertz CT molecular complexity index is 444. The normalized spacial score (nSPS) is 23.6. The van der Waals surface area contributed by atoms with Gasteiger partial charge in [0.15, 0.2) is 0 Å². The zero-order valence-corrected chi connectivity index (χ0v) is 9.34. The van der Waals surface area contributed by atoms with Crippen LogP contribution < -0.4 is 11.1 Å². The molecule has 8 heteroatoms. The molecule has 0 saturated carbocycles. The highest BCUT2D eigenvalue weighted by molar-refractivity contribution is 5.67. The summed E-state index contributed by atoms with van der Waals surface area (Å²) in [7, 11) is 0. The molecule has 0 radical (unpaired) electrons. The van der Waals surface area contributed by atoms with Crippen LogP contribution in [0.25, 0.3) is 0 Å². The topological polar surface area (TPSA) is 116 Å². The second-order valence-electron chi connectivity index (χ2n) is 4.20. The third-order valence-corrected chi connectivity index (χ3v) is 2.67. The number of anilines is 2. The molecule has 3 N–H and O–H groups in total. The van der Waals surface area contributed by atoms with Crippen molar-refractivity contribution in [1.82, 2.24) is 9.97 Å². The van der Waals surface area contributed by atoms with E-state index in [1.807, 2.05) is 6.92 Å². The lowest BCUT2D eigenvalue weighted by Crippen LogP contribution is -2.35. The number of nitrogen functional groups attached to an aromatic ring is 1. The molecule has 1 aromatic rings. The molecule has 0 amide bonds. The van der Waals surface area contributed by atoms with Crippen LogP contribution >= 0.6 is 0 Å². The third kappa shape index (κ3) is 2.26. The van der Waals surface area contributed by atoms with Gasteiger partial charge in [-0.2, -0.15) is 0 Å². The maximum atomic E-state index is 10.9. The van der Waals surface area contributed by atoms with Gasteiger partial charge in [-0.05, 0) is 13.3 Å². The molecule has 1 aliphatic rings. The molecule has 1 atom stereocenters. The molecular weight excluding hydrogens is 226 g/mol. The third-order valence-electron chi connectivity index (χ3n) is 2.67. The van der Waals surface area contributed by atoms with E-state index in [0.717, 1.165) is 6.42 Å². The predicted octanol–water partition coefficient (Wildman–Crippen LogP) is 0.558. The first kappa shape index (κ1) is 11.5. The van der Waals surface area contributed by atoms with Crippen LogP contribution in [-0.4, -0.2) is 33.6 Å². The van der Waals surface area contributed by atoms with Crippen molar-refractivity contribution in [2.45, 2.75) is 18.9 Å². The molecule has 1 unspecified atom stereocenters. The smallest absolute Gasteiger partial charge is 0.353 e. The Hall–Kier alpha value is -1.96. The van der Waals surface area contributed by atoms with Gasteiger partial charge in [0, 0.05) is 6.61 Å². The quantitative estimate of drug-likeness (QED) is 0.584. The summed E-state index contributed by atoms with van der Waals surface area (Å²) in [6.45, 7) is 3.02. The summed E-state index contributed by atoms with van der Waals surface area (Å²) in [5, 5.41) is 13.9. The van der Waals surface area contributed by atoms with Gasteiger partial charge in [0.05, 0.1) is 17.1 Å². The molecule has 0 bridgehead atoms. The predicted molar refractivity (Wildman–Crippen MR) is 60.6 cm³/mol. The van der Waals surface area contributed by atoms with Gasteiger partial charge in [0.1, 0.15) is 6.33 Å². The summed E-state index contributed by atoms with van der Waals surface area (Å²) in [4.78, 5) is 17.8. The number of nitro groups is 1. The Morgan fingerprint density at radius 1 is 1.65 bits per heavy atom. The van der Waals surface area contributed by atoms with Gasteiger partial charge in [0.2, 0.25) is 11.6 Å². The van der Waals surface area contributed by atoms with Crippen LogP contribution in [0.2, 0.25) is 0 Å². The maximum absolute atomic E-state index is 10.9. The number of nitrogens with one attached hydrogen (secondary N) is 1. The van der Waals surface area contributed by atoms with E-state index in [0.29, 0.717) is 13.2 Å². The van der Waals surface area contributed by atoms with Crippen molar-refractivity contribution in [3.8, 4) is 0 Å². The Balaban J connectivity index is 2.32. The molecule has 92 valence electrons. The second kappa shape index (κ2) is 4.13. The van der Waals surface area contributed by atoms with Crippen molar-refractivity contribution in [1.29, 1.82) is 0 Å². The van der Waals surface area contributed by atoms with Crippen LogP contribution in [0.5, 0.6) is 0 Å². The summed E-state index contributed by atoms with van der Waals surface area (Å²) in [5.74, 6) is -0.00878. The first-order valence-corrected chi connectivity index (χ1v) is 5.13. The van der Waals surface area contributed by atoms with Gasteiger partial charge in [-0.15, -0.1) is 0 Å². The van der Waals surface area contributed by atoms with Gasteiger partial charge in [0.25, 0.3) is 0 Å². The van der Waals surface area contributed by atoms with Crippen LogP contribution in [0.1, 0.15) is 13.3 Å². The lowest BCUT2D eigenvalue weighted by Gasteiger charge is -2.23. The minimum Gasteiger partial charge on any atom is -0.379 e. The number of hydrogen-bond donors (Lipinski definition) is 2. The van der Waals surface area contributed by atoms with E-state index in [-0.39, 0.29) is 22.9 Å². The molecule has 1 aliphatic heterocycles. The number of ether oxygens (including phenoxy) is 1. The van der Waals surface area contributed by atoms with E-state index in [9.17, 15) is 10.1 Å². The van der Waals surface area contributed by atoms with E-state index in [4.69, 9.17) is 10.5 Å². The van der Waals surface area contributed by atoms with Crippen molar-refractivity contribution in [2.24, 2.45) is 0 Å². The highest BCUT2D eigenvalue weighted by Crippen LogP contribution is 2.31. The van der Waals surface area contributed by atoms with Crippen LogP contribution in [0.4, 0.5) is 17.3 Å². The average molecular weight is 239 g/mol. The Kier molecular flexibility index (Phi) is 2.80. The number of nitrogens with zero attached hydrogens (tertiary/aromatic N) is 3. The van der Waals surface area contributed by atoms with Crippen LogP contribution in [0, 0.1) is 10.1 Å². The number of nitrogens with two attached hydrogens (primary N) is 1. The molecule has 2 heterocycles. The van der Waals surface area contributed by atoms with Crippen molar-refractivity contribution >= 4 is 17.3 Å². The SMILES string of the molecule is CC1(Nc2ncnc(N)c2[N+](=O)[O-])CCOC1. The van der Waals surface area contributed by atoms with E-state index < -0.39 is 4.92 Å². The summed E-state index contributed by atoms with van der Waals surface area (Å²) in [5.41, 5.74) is 4.83. The second-order valence-corrected chi connectivity index (χ2v) is 4.20. The average Bonchev–Trinajstić information content (AvgIpc) is 2.64. The zero-order valence-electron chi connectivity index (χ0n) is 9.34. The zero-order chi connectivity index (χ0) is 12.5. The maximum Gasteiger partial charge on any atom is 0.353 e. The fourth-order valence-electron chi connectivity index (χ4n) is 1.72. The van der Waals surface area contributed by atoms with Gasteiger partial charge in [-0.3, -0.25) is 10.1 Å². The molecule has 1 fully saturated rings. The first-order valence-electron chi connectivity index (χ1n) is 5.13. The van der Waals surface area contributed by atoms with Crippen molar-refractivity contribution < 1.29 is 9.66 Å². The van der Waals surface area contributed by atoms with Crippen LogP contribution in [0.3, 0.4) is 0 Å². The molecule has 17 heavy (non-hydrogen) atoms. The number of rotatable bonds is 3. The highest BCUT2D eigenvalue weighted by atomic mass is 16.6. The summed E-state index contributed by atoms with van der Waals surface area (Å²) >= 11 is 0. The molecule has 8 nitrogen and oxygen atoms in total. The van der Waals surface area contributed by atoms with Crippen LogP contribution in [0.15, 0.2) is 6.33 Å². The monoisotopic (exact) mass is 239 g/mol. The van der Waals surface area contributed by atoms with E-state index in [2.05, 4.69) is 15.3 Å². The van der Waals surface area contributed by atoms with Crippen molar-refractivity contribution in [3.05, 3.63) is 16.4 Å². The molecular formula is C9H13N5O3. The summed E-state index contributed by atoms with van der Waals surface area (Å²) in [6, 6.07) is 0. The molecule has 2 rings (SSSR count). The lowest BCUT2D eigenvalue weighted by atomic mass is 10.0. The van der Waals surface area contributed by atoms with Gasteiger partial charge < -0.3 is 15.8 Å². The number of hydrogen-bond acceptors (Lipinski definition) is 7. The lowest BCUT2D eigenvalue weighted by molar-refractivity contribution is -0.383. The van der Waals surface area contributed by atoms with Crippen LogP contribution in [-0.2, 0) is 4.74 Å². The molecule has 1 saturated heterocycles. The minimum atomic E-state index is -0.586. The summed E-state index contributed by atoms with van der Waals surface area (Å²) < 4.78 is 5.26. The number of aromatic nitrogens is 2. The fourth-order valence-corrected chi connectivity index (χ4v) is 1.72. The van der Waals surface area contributed by atoms with Crippen molar-refractivity contribution in [2.75, 3.05) is 24.3 Å². The molecule has 0 spiro atoms. The van der Waals surface area contributed by atoms with E-state index in [1.54, 1.807) is 0 Å². The van der Waals surface area contributed by atoms with E-state index in [1.165, 1.54) is 6.33 Å². The highest BCUT2D eigenvalue weighted by Gasteiger charge is 2.33. The first-order chi connectivity index (χ1) is 8.02. The van der Waals surface area contributed by atoms with Crippen molar-refractivity contribution in [3.63, 3.8) is 0 Å². The van der Waals surface area contributed by atoms with Gasteiger partial charge >= 0.3 is 5.69 Å². The van der Waals surface area contributed by atoms with Gasteiger partial charge in [-0.25, -0.2) is 9.97 Å². The standard InChI is InChI=1S/C9H13N5O3/c1-9(2-3-17-4-9)13-8-6(14(15)16)7(10)11-5-12-8/h5H,2-4H2,1H3,(H3,10,11,12,13). The summed E-state index contributed by atoms with van der Waals surface area (Å²) in [6.07, 6.45) is 1.96. The fraction of sp³-hybridized carbons (Fsp3) is 0.556. The van der Waals surface area contributed by atoms with Gasteiger partial charge in [-0.1, -0.05) is 0 Å². The largest absolute Gasteiger partial charge is 0.379 e. The minimum absolute atomic E-state index is 0.135. The Morgan fingerprint density at radius 2 is 2.41 bits per heavy atom. The molecule has 0 aromatic carbocycles. The Morgan fingerprint density at radius 3 is 3.00 bits per heavy atom. The molecule has 1 aromatic heterocycles.